The Morgan fingerprint density at radius 1 is 1.14 bits per heavy atom. The first-order valence-electron chi connectivity index (χ1n) is 9.41. The first kappa shape index (κ1) is 18.5. The molecule has 4 rings (SSSR count). The highest BCUT2D eigenvalue weighted by Crippen LogP contribution is 2.27. The largest absolute Gasteiger partial charge is 0.349 e. The molecular formula is C21H20F3N3O. The van der Waals surface area contributed by atoms with Crippen molar-refractivity contribution in [3.8, 4) is 0 Å². The number of nitrogens with one attached hydrogen (secondary N) is 1. The van der Waals surface area contributed by atoms with Gasteiger partial charge < -0.3 is 9.88 Å². The van der Waals surface area contributed by atoms with Gasteiger partial charge in [-0.05, 0) is 25.0 Å². The number of benzene rings is 1. The summed E-state index contributed by atoms with van der Waals surface area (Å²) in [5, 5.41) is 3.18. The van der Waals surface area contributed by atoms with Crippen LogP contribution in [-0.4, -0.2) is 21.5 Å². The van der Waals surface area contributed by atoms with E-state index in [4.69, 9.17) is 0 Å². The lowest BCUT2D eigenvalue weighted by Gasteiger charge is -2.22. The fourth-order valence-corrected chi connectivity index (χ4v) is 3.88. The number of hydrogen-bond acceptors (Lipinski definition) is 2. The van der Waals surface area contributed by atoms with Crippen LogP contribution < -0.4 is 5.32 Å². The molecule has 7 heteroatoms. The van der Waals surface area contributed by atoms with E-state index in [1.807, 2.05) is 0 Å². The molecule has 0 spiro atoms. The maximum atomic E-state index is 14.5. The SMILES string of the molecule is O=C(NC1CCCCC1)c1cn(Cc2cc(F)ncc2F)c2cccc(F)c12. The topological polar surface area (TPSA) is 46.9 Å². The molecule has 146 valence electrons. The minimum Gasteiger partial charge on any atom is -0.349 e. The number of halogens is 3. The maximum Gasteiger partial charge on any atom is 0.253 e. The van der Waals surface area contributed by atoms with E-state index >= 15 is 0 Å². The van der Waals surface area contributed by atoms with Crippen molar-refractivity contribution in [3.05, 3.63) is 65.4 Å². The van der Waals surface area contributed by atoms with Gasteiger partial charge in [0.15, 0.2) is 0 Å². The molecule has 0 unspecified atom stereocenters. The van der Waals surface area contributed by atoms with E-state index in [-0.39, 0.29) is 35.0 Å². The Bertz CT molecular complexity index is 1030. The Morgan fingerprint density at radius 2 is 1.93 bits per heavy atom. The van der Waals surface area contributed by atoms with Crippen molar-refractivity contribution in [1.29, 1.82) is 0 Å². The smallest absolute Gasteiger partial charge is 0.253 e. The monoisotopic (exact) mass is 387 g/mol. The highest BCUT2D eigenvalue weighted by molar-refractivity contribution is 6.07. The van der Waals surface area contributed by atoms with Crippen LogP contribution in [0.2, 0.25) is 0 Å². The van der Waals surface area contributed by atoms with Gasteiger partial charge in [-0.15, -0.1) is 0 Å². The van der Waals surface area contributed by atoms with Gasteiger partial charge in [0.05, 0.1) is 23.8 Å². The molecule has 4 nitrogen and oxygen atoms in total. The highest BCUT2D eigenvalue weighted by Gasteiger charge is 2.22. The lowest BCUT2D eigenvalue weighted by atomic mass is 9.95. The highest BCUT2D eigenvalue weighted by atomic mass is 19.1. The first-order valence-corrected chi connectivity index (χ1v) is 9.41. The molecule has 0 atom stereocenters. The third-order valence-electron chi connectivity index (χ3n) is 5.28. The second-order valence-corrected chi connectivity index (χ2v) is 7.21. The van der Waals surface area contributed by atoms with Crippen molar-refractivity contribution >= 4 is 16.8 Å². The zero-order valence-electron chi connectivity index (χ0n) is 15.2. The Labute approximate surface area is 160 Å². The fraction of sp³-hybridized carbons (Fsp3) is 0.333. The van der Waals surface area contributed by atoms with Crippen LogP contribution in [0.25, 0.3) is 10.9 Å². The van der Waals surface area contributed by atoms with Gasteiger partial charge in [-0.1, -0.05) is 25.3 Å². The summed E-state index contributed by atoms with van der Waals surface area (Å²) in [6, 6.07) is 5.56. The van der Waals surface area contributed by atoms with Gasteiger partial charge in [-0.2, -0.15) is 4.39 Å². The van der Waals surface area contributed by atoms with Crippen LogP contribution in [-0.2, 0) is 6.54 Å². The number of rotatable bonds is 4. The Balaban J connectivity index is 1.71. The van der Waals surface area contributed by atoms with Gasteiger partial charge in [0.25, 0.3) is 5.91 Å². The molecule has 1 fully saturated rings. The molecule has 2 aromatic heterocycles. The number of amides is 1. The molecule has 0 radical (unpaired) electrons. The maximum absolute atomic E-state index is 14.5. The minimum atomic E-state index is -0.797. The molecule has 1 aromatic carbocycles. The van der Waals surface area contributed by atoms with Crippen LogP contribution in [0.15, 0.2) is 36.7 Å². The predicted molar refractivity (Wildman–Crippen MR) is 99.5 cm³/mol. The molecule has 0 aliphatic heterocycles. The Morgan fingerprint density at radius 3 is 2.71 bits per heavy atom. The van der Waals surface area contributed by atoms with E-state index < -0.39 is 17.6 Å². The molecule has 1 aliphatic rings. The van der Waals surface area contributed by atoms with Gasteiger partial charge in [0, 0.05) is 29.3 Å². The lowest BCUT2D eigenvalue weighted by molar-refractivity contribution is 0.0929. The quantitative estimate of drug-likeness (QED) is 0.667. The molecule has 2 heterocycles. The number of hydrogen-bond donors (Lipinski definition) is 1. The van der Waals surface area contributed by atoms with E-state index in [1.54, 1.807) is 10.6 Å². The van der Waals surface area contributed by atoms with E-state index in [0.717, 1.165) is 44.4 Å². The summed E-state index contributed by atoms with van der Waals surface area (Å²) < 4.78 is 43.5. The predicted octanol–water partition coefficient (Wildman–Crippen LogP) is 4.56. The van der Waals surface area contributed by atoms with Crippen LogP contribution in [0.3, 0.4) is 0 Å². The second kappa shape index (κ2) is 7.66. The zero-order valence-corrected chi connectivity index (χ0v) is 15.2. The summed E-state index contributed by atoms with van der Waals surface area (Å²) in [6.07, 6.45) is 7.43. The molecule has 1 amide bonds. The van der Waals surface area contributed by atoms with Crippen LogP contribution in [0, 0.1) is 17.6 Å². The molecule has 1 N–H and O–H groups in total. The van der Waals surface area contributed by atoms with Crippen molar-refractivity contribution in [1.82, 2.24) is 14.9 Å². The van der Waals surface area contributed by atoms with E-state index in [1.165, 1.54) is 18.3 Å². The van der Waals surface area contributed by atoms with Crippen molar-refractivity contribution in [2.24, 2.45) is 0 Å². The van der Waals surface area contributed by atoms with Gasteiger partial charge in [-0.25, -0.2) is 13.8 Å². The van der Waals surface area contributed by atoms with Gasteiger partial charge in [-0.3, -0.25) is 4.79 Å². The average molecular weight is 387 g/mol. The van der Waals surface area contributed by atoms with E-state index in [2.05, 4.69) is 10.3 Å². The lowest BCUT2D eigenvalue weighted by Crippen LogP contribution is -2.36. The third kappa shape index (κ3) is 3.61. The summed E-state index contributed by atoms with van der Waals surface area (Å²) in [7, 11) is 0. The summed E-state index contributed by atoms with van der Waals surface area (Å²) >= 11 is 0. The summed E-state index contributed by atoms with van der Waals surface area (Å²) in [6.45, 7) is -0.0397. The number of carbonyl (C=O) groups is 1. The fourth-order valence-electron chi connectivity index (χ4n) is 3.88. The van der Waals surface area contributed by atoms with Crippen LogP contribution in [0.4, 0.5) is 13.2 Å². The molecule has 0 saturated heterocycles. The third-order valence-corrected chi connectivity index (χ3v) is 5.28. The molecular weight excluding hydrogens is 367 g/mol. The van der Waals surface area contributed by atoms with E-state index in [0.29, 0.717) is 5.52 Å². The summed E-state index contributed by atoms with van der Waals surface area (Å²) in [5.41, 5.74) is 0.729. The van der Waals surface area contributed by atoms with E-state index in [9.17, 15) is 18.0 Å². The summed E-state index contributed by atoms with van der Waals surface area (Å²) in [5.74, 6) is -2.32. The van der Waals surface area contributed by atoms with Crippen molar-refractivity contribution in [2.45, 2.75) is 44.7 Å². The zero-order chi connectivity index (χ0) is 19.7. The first-order chi connectivity index (χ1) is 13.5. The molecule has 0 bridgehead atoms. The second-order valence-electron chi connectivity index (χ2n) is 7.21. The molecule has 28 heavy (non-hydrogen) atoms. The number of carbonyl (C=O) groups excluding carboxylic acids is 1. The standard InChI is InChI=1S/C21H20F3N3O/c22-16-7-4-8-18-20(16)15(21(28)26-14-5-2-1-3-6-14)12-27(18)11-13-9-19(24)25-10-17(13)23/h4,7-10,12,14H,1-3,5-6,11H2,(H,26,28). The number of aromatic nitrogens is 2. The molecule has 1 saturated carbocycles. The number of fused-ring (bicyclic) bond motifs is 1. The molecule has 3 aromatic rings. The molecule has 1 aliphatic carbocycles. The van der Waals surface area contributed by atoms with Crippen molar-refractivity contribution in [3.63, 3.8) is 0 Å². The number of nitrogens with zero attached hydrogens (tertiary/aromatic N) is 2. The van der Waals surface area contributed by atoms with Gasteiger partial charge in [0.2, 0.25) is 5.95 Å². The van der Waals surface area contributed by atoms with Crippen molar-refractivity contribution in [2.75, 3.05) is 0 Å². The summed E-state index contributed by atoms with van der Waals surface area (Å²) in [4.78, 5) is 16.1. The Hall–Kier alpha value is -2.83. The normalized spacial score (nSPS) is 15.1. The van der Waals surface area contributed by atoms with Gasteiger partial charge >= 0.3 is 0 Å². The Kier molecular flexibility index (Phi) is 5.07. The van der Waals surface area contributed by atoms with Crippen LogP contribution in [0.1, 0.15) is 48.0 Å². The van der Waals surface area contributed by atoms with Crippen LogP contribution >= 0.6 is 0 Å². The number of pyridine rings is 1. The van der Waals surface area contributed by atoms with Crippen molar-refractivity contribution < 1.29 is 18.0 Å². The van der Waals surface area contributed by atoms with Gasteiger partial charge in [0.1, 0.15) is 11.6 Å². The van der Waals surface area contributed by atoms with Crippen LogP contribution in [0.5, 0.6) is 0 Å². The average Bonchev–Trinajstić information content (AvgIpc) is 3.06. The minimum absolute atomic E-state index is 0.0397.